The molecule has 2 rings (SSSR count). The monoisotopic (exact) mass is 342 g/mol. The van der Waals surface area contributed by atoms with Gasteiger partial charge in [0.1, 0.15) is 5.69 Å². The number of halogens is 1. The van der Waals surface area contributed by atoms with Gasteiger partial charge in [-0.1, -0.05) is 28.9 Å². The van der Waals surface area contributed by atoms with E-state index >= 15 is 0 Å². The molecule has 110 valence electrons. The molecule has 2 atom stereocenters. The highest BCUT2D eigenvalue weighted by Crippen LogP contribution is 2.33. The van der Waals surface area contributed by atoms with E-state index in [1.165, 1.54) is 0 Å². The minimum Gasteiger partial charge on any atom is -0.375 e. The molecule has 6 heteroatoms. The zero-order chi connectivity index (χ0) is 14.7. The first-order valence-corrected chi connectivity index (χ1v) is 7.90. The van der Waals surface area contributed by atoms with Crippen LogP contribution in [0.1, 0.15) is 25.8 Å². The molecule has 0 N–H and O–H groups in total. The fraction of sp³-hybridized carbons (Fsp3) is 0.571. The number of rotatable bonds is 4. The molecule has 0 bridgehead atoms. The van der Waals surface area contributed by atoms with Crippen LogP contribution in [0.5, 0.6) is 0 Å². The van der Waals surface area contributed by atoms with Gasteiger partial charge in [-0.15, -0.1) is 0 Å². The fourth-order valence-corrected chi connectivity index (χ4v) is 2.87. The molecule has 0 amide bonds. The van der Waals surface area contributed by atoms with E-state index in [2.05, 4.69) is 27.8 Å². The Balaban J connectivity index is 2.41. The highest BCUT2D eigenvalue weighted by molar-refractivity contribution is 9.08. The number of anilines is 1. The quantitative estimate of drug-likeness (QED) is 0.477. The zero-order valence-corrected chi connectivity index (χ0v) is 13.3. The van der Waals surface area contributed by atoms with Gasteiger partial charge in [0.25, 0.3) is 5.69 Å². The fourth-order valence-electron chi connectivity index (χ4n) is 2.52. The van der Waals surface area contributed by atoms with Crippen LogP contribution in [0.3, 0.4) is 0 Å². The number of alkyl halides is 1. The maximum Gasteiger partial charge on any atom is 0.292 e. The second-order valence-corrected chi connectivity index (χ2v) is 5.63. The van der Waals surface area contributed by atoms with Crippen molar-refractivity contribution in [3.8, 4) is 0 Å². The molecule has 2 unspecified atom stereocenters. The van der Waals surface area contributed by atoms with E-state index in [4.69, 9.17) is 4.74 Å². The van der Waals surface area contributed by atoms with Gasteiger partial charge in [-0.05, 0) is 25.0 Å². The number of ether oxygens (including phenoxy) is 1. The van der Waals surface area contributed by atoms with E-state index in [1.54, 1.807) is 6.07 Å². The van der Waals surface area contributed by atoms with Crippen LogP contribution in [0, 0.1) is 10.1 Å². The third kappa shape index (κ3) is 3.12. The Hall–Kier alpha value is -1.14. The smallest absolute Gasteiger partial charge is 0.292 e. The van der Waals surface area contributed by atoms with Crippen LogP contribution >= 0.6 is 15.9 Å². The van der Waals surface area contributed by atoms with Crippen LogP contribution in [0.25, 0.3) is 0 Å². The van der Waals surface area contributed by atoms with Crippen molar-refractivity contribution in [3.63, 3.8) is 0 Å². The topological polar surface area (TPSA) is 55.6 Å². The second-order valence-electron chi connectivity index (χ2n) is 5.07. The molecule has 0 spiro atoms. The average Bonchev–Trinajstić information content (AvgIpc) is 2.46. The lowest BCUT2D eigenvalue weighted by Gasteiger charge is -2.39. The largest absolute Gasteiger partial charge is 0.375 e. The minimum atomic E-state index is -0.297. The van der Waals surface area contributed by atoms with Crippen molar-refractivity contribution in [1.82, 2.24) is 0 Å². The number of hydrogen-bond acceptors (Lipinski definition) is 4. The van der Waals surface area contributed by atoms with Crippen LogP contribution in [0.2, 0.25) is 0 Å². The molecular weight excluding hydrogens is 324 g/mol. The third-order valence-corrected chi connectivity index (χ3v) is 4.29. The van der Waals surface area contributed by atoms with E-state index in [0.29, 0.717) is 24.2 Å². The molecule has 5 nitrogen and oxygen atoms in total. The number of morpholine rings is 1. The maximum atomic E-state index is 11.3. The van der Waals surface area contributed by atoms with Crippen molar-refractivity contribution in [3.05, 3.63) is 33.9 Å². The van der Waals surface area contributed by atoms with Crippen LogP contribution in [-0.4, -0.2) is 30.2 Å². The molecular formula is C14H19BrN2O3. The van der Waals surface area contributed by atoms with Crippen molar-refractivity contribution in [2.75, 3.05) is 18.1 Å². The molecule has 1 aromatic rings. The first-order valence-electron chi connectivity index (χ1n) is 6.78. The van der Waals surface area contributed by atoms with E-state index in [9.17, 15) is 10.1 Å². The Kier molecular flexibility index (Phi) is 4.99. The van der Waals surface area contributed by atoms with Gasteiger partial charge in [0.15, 0.2) is 0 Å². The predicted octanol–water partition coefficient (Wildman–Crippen LogP) is 3.49. The van der Waals surface area contributed by atoms with Gasteiger partial charge in [0.05, 0.1) is 23.7 Å². The molecule has 1 aromatic carbocycles. The summed E-state index contributed by atoms with van der Waals surface area (Å²) in [5.41, 5.74) is 1.78. The normalized spacial score (nSPS) is 22.9. The van der Waals surface area contributed by atoms with Crippen molar-refractivity contribution < 1.29 is 9.66 Å². The summed E-state index contributed by atoms with van der Waals surface area (Å²) in [5.74, 6) is 0. The molecule has 1 fully saturated rings. The molecule has 1 heterocycles. The van der Waals surface area contributed by atoms with Gasteiger partial charge in [0, 0.05) is 17.9 Å². The Morgan fingerprint density at radius 1 is 1.55 bits per heavy atom. The Labute approximate surface area is 127 Å². The van der Waals surface area contributed by atoms with Crippen LogP contribution < -0.4 is 4.90 Å². The minimum absolute atomic E-state index is 0.0910. The van der Waals surface area contributed by atoms with Crippen LogP contribution in [0.15, 0.2) is 18.2 Å². The highest BCUT2D eigenvalue weighted by Gasteiger charge is 2.30. The summed E-state index contributed by atoms with van der Waals surface area (Å²) in [6.07, 6.45) is 0.998. The summed E-state index contributed by atoms with van der Waals surface area (Å²) in [6.45, 7) is 5.38. The summed E-state index contributed by atoms with van der Waals surface area (Å²) in [4.78, 5) is 13.2. The van der Waals surface area contributed by atoms with E-state index in [0.717, 1.165) is 12.0 Å². The number of nitrogens with zero attached hydrogens (tertiary/aromatic N) is 2. The standard InChI is InChI=1S/C14H19BrN2O3/c1-3-12-9-20-10(2)8-16(12)13-5-4-11(7-15)6-14(13)17(18)19/h4-6,10,12H,3,7-9H2,1-2H3. The van der Waals surface area contributed by atoms with Gasteiger partial charge < -0.3 is 9.64 Å². The lowest BCUT2D eigenvalue weighted by molar-refractivity contribution is -0.384. The summed E-state index contributed by atoms with van der Waals surface area (Å²) >= 11 is 3.34. The first kappa shape index (κ1) is 15.3. The van der Waals surface area contributed by atoms with Crippen molar-refractivity contribution >= 4 is 27.3 Å². The van der Waals surface area contributed by atoms with E-state index < -0.39 is 0 Å². The van der Waals surface area contributed by atoms with Gasteiger partial charge in [0.2, 0.25) is 0 Å². The first-order chi connectivity index (χ1) is 9.56. The predicted molar refractivity (Wildman–Crippen MR) is 82.6 cm³/mol. The Morgan fingerprint density at radius 2 is 2.30 bits per heavy atom. The molecule has 1 aliphatic heterocycles. The Morgan fingerprint density at radius 3 is 2.90 bits per heavy atom. The average molecular weight is 343 g/mol. The van der Waals surface area contributed by atoms with Crippen LogP contribution in [0.4, 0.5) is 11.4 Å². The molecule has 0 radical (unpaired) electrons. The zero-order valence-electron chi connectivity index (χ0n) is 11.7. The lowest BCUT2D eigenvalue weighted by Crippen LogP contribution is -2.48. The number of hydrogen-bond donors (Lipinski definition) is 0. The van der Waals surface area contributed by atoms with Crippen molar-refractivity contribution in [2.45, 2.75) is 37.7 Å². The molecule has 1 aliphatic rings. The number of nitro benzene ring substituents is 1. The maximum absolute atomic E-state index is 11.3. The molecule has 20 heavy (non-hydrogen) atoms. The molecule has 0 aromatic heterocycles. The lowest BCUT2D eigenvalue weighted by atomic mass is 10.1. The van der Waals surface area contributed by atoms with E-state index in [-0.39, 0.29) is 22.8 Å². The summed E-state index contributed by atoms with van der Waals surface area (Å²) in [6, 6.07) is 5.63. The number of nitro groups is 1. The summed E-state index contributed by atoms with van der Waals surface area (Å²) in [5, 5.41) is 12.0. The summed E-state index contributed by atoms with van der Waals surface area (Å²) < 4.78 is 5.66. The van der Waals surface area contributed by atoms with Crippen LogP contribution in [-0.2, 0) is 10.1 Å². The van der Waals surface area contributed by atoms with Crippen molar-refractivity contribution in [1.29, 1.82) is 0 Å². The van der Waals surface area contributed by atoms with Gasteiger partial charge in [-0.3, -0.25) is 10.1 Å². The third-order valence-electron chi connectivity index (χ3n) is 3.64. The van der Waals surface area contributed by atoms with Crippen molar-refractivity contribution in [2.24, 2.45) is 0 Å². The Bertz CT molecular complexity index is 495. The van der Waals surface area contributed by atoms with E-state index in [1.807, 2.05) is 19.1 Å². The molecule has 0 aliphatic carbocycles. The summed E-state index contributed by atoms with van der Waals surface area (Å²) in [7, 11) is 0. The highest BCUT2D eigenvalue weighted by atomic mass is 79.9. The SMILES string of the molecule is CCC1COC(C)CN1c1ccc(CBr)cc1[N+](=O)[O-]. The van der Waals surface area contributed by atoms with Gasteiger partial charge >= 0.3 is 0 Å². The molecule has 1 saturated heterocycles. The van der Waals surface area contributed by atoms with Gasteiger partial charge in [-0.2, -0.15) is 0 Å². The van der Waals surface area contributed by atoms with Gasteiger partial charge in [-0.25, -0.2) is 0 Å². The number of benzene rings is 1. The molecule has 0 saturated carbocycles. The second kappa shape index (κ2) is 6.54.